The van der Waals surface area contributed by atoms with Crippen molar-refractivity contribution < 1.29 is 9.59 Å². The van der Waals surface area contributed by atoms with Gasteiger partial charge in [0, 0.05) is 29.5 Å². The molecule has 1 aliphatic heterocycles. The summed E-state index contributed by atoms with van der Waals surface area (Å²) >= 11 is 5.86. The molecule has 0 radical (unpaired) electrons. The molecule has 6 nitrogen and oxygen atoms in total. The van der Waals surface area contributed by atoms with Crippen molar-refractivity contribution in [3.63, 3.8) is 0 Å². The van der Waals surface area contributed by atoms with Crippen LogP contribution < -0.4 is 10.2 Å². The van der Waals surface area contributed by atoms with Gasteiger partial charge in [0.1, 0.15) is 11.2 Å². The summed E-state index contributed by atoms with van der Waals surface area (Å²) in [5.41, 5.74) is 0.608. The Labute approximate surface area is 168 Å². The van der Waals surface area contributed by atoms with Crippen LogP contribution in [0.4, 0.5) is 11.5 Å². The molecule has 28 heavy (non-hydrogen) atoms. The number of anilines is 2. The van der Waals surface area contributed by atoms with Crippen molar-refractivity contribution in [2.24, 2.45) is 11.3 Å². The number of carbonyl (C=O) groups excluding carboxylic acids is 2. The first-order valence-electron chi connectivity index (χ1n) is 9.25. The van der Waals surface area contributed by atoms with E-state index in [1.807, 2.05) is 0 Å². The van der Waals surface area contributed by atoms with Crippen LogP contribution in [0.2, 0.25) is 5.02 Å². The molecule has 1 aromatic carbocycles. The maximum atomic E-state index is 12.9. The molecule has 142 valence electrons. The highest BCUT2D eigenvalue weighted by Gasteiger charge is 2.56. The van der Waals surface area contributed by atoms with E-state index < -0.39 is 5.41 Å². The van der Waals surface area contributed by atoms with Crippen LogP contribution in [0.1, 0.15) is 24.8 Å². The molecule has 2 heterocycles. The van der Waals surface area contributed by atoms with Crippen molar-refractivity contribution in [2.45, 2.75) is 25.7 Å². The van der Waals surface area contributed by atoms with Gasteiger partial charge in [-0.15, -0.1) is 0 Å². The Balaban J connectivity index is 1.46. The summed E-state index contributed by atoms with van der Waals surface area (Å²) in [7, 11) is 0. The van der Waals surface area contributed by atoms with Crippen molar-refractivity contribution in [3.05, 3.63) is 53.2 Å². The van der Waals surface area contributed by atoms with Gasteiger partial charge in [-0.25, -0.2) is 4.98 Å². The molecular weight excluding hydrogens is 376 g/mol. The van der Waals surface area contributed by atoms with Gasteiger partial charge in [0.25, 0.3) is 0 Å². The predicted molar refractivity (Wildman–Crippen MR) is 106 cm³/mol. The Kier molecular flexibility index (Phi) is 4.78. The van der Waals surface area contributed by atoms with Gasteiger partial charge in [-0.05, 0) is 48.9 Å². The van der Waals surface area contributed by atoms with Crippen molar-refractivity contribution in [1.29, 1.82) is 5.26 Å². The predicted octanol–water partition coefficient (Wildman–Crippen LogP) is 3.57. The summed E-state index contributed by atoms with van der Waals surface area (Å²) in [6, 6.07) is 12.8. The number of halogens is 1. The third-order valence-electron chi connectivity index (χ3n) is 5.43. The minimum Gasteiger partial charge on any atom is -0.311 e. The number of aromatic nitrogens is 1. The van der Waals surface area contributed by atoms with Crippen LogP contribution in [0.25, 0.3) is 0 Å². The quantitative estimate of drug-likeness (QED) is 0.839. The van der Waals surface area contributed by atoms with E-state index in [1.54, 1.807) is 47.5 Å². The Morgan fingerprint density at radius 1 is 1.32 bits per heavy atom. The largest absolute Gasteiger partial charge is 0.311 e. The highest BCUT2D eigenvalue weighted by Crippen LogP contribution is 2.51. The normalized spacial score (nSPS) is 21.4. The van der Waals surface area contributed by atoms with E-state index in [4.69, 9.17) is 11.6 Å². The molecule has 0 spiro atoms. The van der Waals surface area contributed by atoms with E-state index in [1.165, 1.54) is 0 Å². The topological polar surface area (TPSA) is 86.1 Å². The highest BCUT2D eigenvalue weighted by molar-refractivity contribution is 6.30. The smallest absolute Gasteiger partial charge is 0.247 e. The Hall–Kier alpha value is -2.91. The fourth-order valence-electron chi connectivity index (χ4n) is 3.76. The molecule has 2 amide bonds. The number of nitrogens with one attached hydrogen (secondary N) is 1. The first-order chi connectivity index (χ1) is 13.5. The molecule has 7 heteroatoms. The van der Waals surface area contributed by atoms with E-state index >= 15 is 0 Å². The minimum absolute atomic E-state index is 0.137. The molecule has 0 bridgehead atoms. The Morgan fingerprint density at radius 2 is 2.07 bits per heavy atom. The second kappa shape index (κ2) is 7.25. The number of amides is 2. The summed E-state index contributed by atoms with van der Waals surface area (Å²) < 4.78 is 0. The lowest BCUT2D eigenvalue weighted by Crippen LogP contribution is -2.35. The monoisotopic (exact) mass is 394 g/mol. The third-order valence-corrected chi connectivity index (χ3v) is 5.68. The molecule has 2 aromatic rings. The number of pyridine rings is 1. The van der Waals surface area contributed by atoms with Crippen molar-refractivity contribution in [3.8, 4) is 6.07 Å². The maximum Gasteiger partial charge on any atom is 0.247 e. The van der Waals surface area contributed by atoms with Gasteiger partial charge in [-0.2, -0.15) is 5.26 Å². The zero-order chi connectivity index (χ0) is 19.7. The van der Waals surface area contributed by atoms with Crippen LogP contribution in [0.3, 0.4) is 0 Å². The van der Waals surface area contributed by atoms with Gasteiger partial charge < -0.3 is 10.2 Å². The van der Waals surface area contributed by atoms with Gasteiger partial charge in [0.15, 0.2) is 0 Å². The first-order valence-corrected chi connectivity index (χ1v) is 9.63. The standard InChI is InChI=1S/C21H19ClN4O2/c22-16-5-1-14(2-6-16)11-19(27)25-18-12-17(7-9-24-18)26-10-8-21(13-23,20(26)28)15-3-4-15/h1-2,5-7,9,12,15H,3-4,8,10-11H2,(H,24,25,27)/t21-/m1/s1. The zero-order valence-corrected chi connectivity index (χ0v) is 15.9. The second-order valence-electron chi connectivity index (χ2n) is 7.31. The number of nitriles is 1. The van der Waals surface area contributed by atoms with Gasteiger partial charge in [0.2, 0.25) is 11.8 Å². The molecule has 1 aliphatic carbocycles. The summed E-state index contributed by atoms with van der Waals surface area (Å²) in [6.07, 6.45) is 4.19. The van der Waals surface area contributed by atoms with Gasteiger partial charge in [-0.3, -0.25) is 9.59 Å². The van der Waals surface area contributed by atoms with Crippen LogP contribution in [0.5, 0.6) is 0 Å². The van der Waals surface area contributed by atoms with E-state index in [-0.39, 0.29) is 24.2 Å². The van der Waals surface area contributed by atoms with Gasteiger partial charge >= 0.3 is 0 Å². The fraction of sp³-hybridized carbons (Fsp3) is 0.333. The number of nitrogens with zero attached hydrogens (tertiary/aromatic N) is 3. The van der Waals surface area contributed by atoms with Crippen LogP contribution in [0.15, 0.2) is 42.6 Å². The van der Waals surface area contributed by atoms with Gasteiger partial charge in [0.05, 0.1) is 12.5 Å². The van der Waals surface area contributed by atoms with Crippen LogP contribution in [-0.2, 0) is 16.0 Å². The minimum atomic E-state index is -0.888. The number of carbonyl (C=O) groups is 2. The Bertz CT molecular complexity index is 965. The van der Waals surface area contributed by atoms with Crippen molar-refractivity contribution >= 4 is 34.9 Å². The molecule has 1 saturated carbocycles. The SMILES string of the molecule is N#C[C@@]1(C2CC2)CCN(c2ccnc(NC(=O)Cc3ccc(Cl)cc3)c2)C1=O. The lowest BCUT2D eigenvalue weighted by Gasteiger charge is -2.21. The van der Waals surface area contributed by atoms with Gasteiger partial charge in [-0.1, -0.05) is 23.7 Å². The number of rotatable bonds is 5. The molecule has 2 aliphatic rings. The third kappa shape index (κ3) is 3.46. The molecular formula is C21H19ClN4O2. The average Bonchev–Trinajstić information content (AvgIpc) is 3.48. The van der Waals surface area contributed by atoms with E-state index in [2.05, 4.69) is 16.4 Å². The maximum absolute atomic E-state index is 12.9. The van der Waals surface area contributed by atoms with Crippen molar-refractivity contribution in [2.75, 3.05) is 16.8 Å². The van der Waals surface area contributed by atoms with E-state index in [9.17, 15) is 14.9 Å². The molecule has 2 fully saturated rings. The molecule has 1 saturated heterocycles. The molecule has 1 atom stereocenters. The molecule has 1 aromatic heterocycles. The number of hydrogen-bond acceptors (Lipinski definition) is 4. The summed E-state index contributed by atoms with van der Waals surface area (Å²) in [5.74, 6) is 0.215. The fourth-order valence-corrected chi connectivity index (χ4v) is 3.89. The summed E-state index contributed by atoms with van der Waals surface area (Å²) in [5, 5.41) is 13.0. The molecule has 0 unspecified atom stereocenters. The lowest BCUT2D eigenvalue weighted by molar-refractivity contribution is -0.123. The molecule has 4 rings (SSSR count). The summed E-state index contributed by atoms with van der Waals surface area (Å²) in [6.45, 7) is 0.505. The molecule has 1 N–H and O–H groups in total. The van der Waals surface area contributed by atoms with Crippen molar-refractivity contribution in [1.82, 2.24) is 4.98 Å². The average molecular weight is 395 g/mol. The first kappa shape index (κ1) is 18.5. The van der Waals surface area contributed by atoms with Crippen LogP contribution in [0, 0.1) is 22.7 Å². The van der Waals surface area contributed by atoms with E-state index in [0.29, 0.717) is 29.5 Å². The zero-order valence-electron chi connectivity index (χ0n) is 15.2. The number of hydrogen-bond donors (Lipinski definition) is 1. The second-order valence-corrected chi connectivity index (χ2v) is 7.75. The van der Waals surface area contributed by atoms with E-state index in [0.717, 1.165) is 18.4 Å². The van der Waals surface area contributed by atoms with Crippen LogP contribution >= 0.6 is 11.6 Å². The Morgan fingerprint density at radius 3 is 2.75 bits per heavy atom. The lowest BCUT2D eigenvalue weighted by atomic mass is 9.83. The number of benzene rings is 1. The van der Waals surface area contributed by atoms with Crippen LogP contribution in [-0.4, -0.2) is 23.3 Å². The highest BCUT2D eigenvalue weighted by atomic mass is 35.5. The summed E-state index contributed by atoms with van der Waals surface area (Å²) in [4.78, 5) is 31.0.